The van der Waals surface area contributed by atoms with Crippen LogP contribution in [0.3, 0.4) is 0 Å². The average molecular weight is 290 g/mol. The van der Waals surface area contributed by atoms with E-state index in [1.807, 2.05) is 0 Å². The maximum Gasteiger partial charge on any atom is 0.0446 e. The summed E-state index contributed by atoms with van der Waals surface area (Å²) in [7, 11) is 0. The van der Waals surface area contributed by atoms with Crippen molar-refractivity contribution in [3.63, 3.8) is 0 Å². The van der Waals surface area contributed by atoms with Crippen LogP contribution < -0.4 is 5.32 Å². The predicted molar refractivity (Wildman–Crippen MR) is 93.5 cm³/mol. The molecule has 1 nitrogen and oxygen atoms in total. The van der Waals surface area contributed by atoms with E-state index in [1.54, 1.807) is 0 Å². The molecule has 1 fully saturated rings. The summed E-state index contributed by atoms with van der Waals surface area (Å²) in [5.74, 6) is 0.766. The lowest BCUT2D eigenvalue weighted by Crippen LogP contribution is -2.58. The Hall–Kier alpha value is -0.560. The Bertz CT molecular complexity index is 367. The Morgan fingerprint density at radius 1 is 0.857 bits per heavy atom. The summed E-state index contributed by atoms with van der Waals surface area (Å²) in [4.78, 5) is 0. The number of rotatable bonds is 2. The minimum atomic E-state index is 0.209. The van der Waals surface area contributed by atoms with E-state index in [9.17, 15) is 0 Å². The summed E-state index contributed by atoms with van der Waals surface area (Å²) in [6.07, 6.45) is 20.0. The first-order valence-electron chi connectivity index (χ1n) is 9.08. The smallest absolute Gasteiger partial charge is 0.0446 e. The van der Waals surface area contributed by atoms with Gasteiger partial charge in [0.1, 0.15) is 0 Å². The fourth-order valence-corrected chi connectivity index (χ4v) is 4.02. The van der Waals surface area contributed by atoms with Crippen molar-refractivity contribution in [2.24, 2.45) is 11.3 Å². The molecule has 0 amide bonds. The van der Waals surface area contributed by atoms with E-state index in [1.165, 1.54) is 51.4 Å². The van der Waals surface area contributed by atoms with Gasteiger partial charge in [-0.05, 0) is 24.7 Å². The van der Waals surface area contributed by atoms with Crippen LogP contribution in [0.25, 0.3) is 0 Å². The molecule has 0 bridgehead atoms. The molecule has 2 rings (SSSR count). The Morgan fingerprint density at radius 2 is 1.43 bits per heavy atom. The topological polar surface area (TPSA) is 12.0 Å². The minimum Gasteiger partial charge on any atom is -0.301 e. The van der Waals surface area contributed by atoms with Gasteiger partial charge >= 0.3 is 0 Å². The highest BCUT2D eigenvalue weighted by molar-refractivity contribution is 5.23. The van der Waals surface area contributed by atoms with Gasteiger partial charge in [-0.25, -0.2) is 0 Å². The van der Waals surface area contributed by atoms with E-state index in [0.717, 1.165) is 5.92 Å². The van der Waals surface area contributed by atoms with Gasteiger partial charge in [0.15, 0.2) is 0 Å². The lowest BCUT2D eigenvalue weighted by molar-refractivity contribution is 0.0559. The first kappa shape index (κ1) is 16.8. The zero-order valence-corrected chi connectivity index (χ0v) is 14.6. The SMILES string of the molecule is CC1CCCCCCCCC(C)(NC2C=CC=C2)C1(C)C. The normalized spacial score (nSPS) is 34.8. The zero-order valence-electron chi connectivity index (χ0n) is 14.6. The number of allylic oxidation sites excluding steroid dienone is 2. The van der Waals surface area contributed by atoms with Crippen LogP contribution in [0.5, 0.6) is 0 Å². The molecule has 0 aromatic heterocycles. The molecule has 2 unspecified atom stereocenters. The van der Waals surface area contributed by atoms with E-state index in [4.69, 9.17) is 0 Å². The van der Waals surface area contributed by atoms with Crippen molar-refractivity contribution in [1.82, 2.24) is 5.32 Å². The van der Waals surface area contributed by atoms with Crippen molar-refractivity contribution in [3.8, 4) is 0 Å². The van der Waals surface area contributed by atoms with Crippen molar-refractivity contribution in [2.75, 3.05) is 0 Å². The fourth-order valence-electron chi connectivity index (χ4n) is 4.02. The Labute approximate surface area is 132 Å². The van der Waals surface area contributed by atoms with Gasteiger partial charge in [0.05, 0.1) is 0 Å². The van der Waals surface area contributed by atoms with E-state index in [-0.39, 0.29) is 5.54 Å². The van der Waals surface area contributed by atoms with Crippen molar-refractivity contribution >= 4 is 0 Å². The predicted octanol–water partition coefficient (Wildman–Crippen LogP) is 5.63. The van der Waals surface area contributed by atoms with Crippen LogP contribution in [0, 0.1) is 11.3 Å². The summed E-state index contributed by atoms with van der Waals surface area (Å²) in [5, 5.41) is 3.98. The maximum atomic E-state index is 3.98. The second kappa shape index (κ2) is 7.13. The molecule has 0 saturated heterocycles. The molecule has 0 spiro atoms. The van der Waals surface area contributed by atoms with Crippen LogP contribution in [0.2, 0.25) is 0 Å². The van der Waals surface area contributed by atoms with Crippen LogP contribution in [0.1, 0.15) is 79.1 Å². The summed E-state index contributed by atoms with van der Waals surface area (Å²) in [6.45, 7) is 9.93. The highest BCUT2D eigenvalue weighted by Gasteiger charge is 2.44. The fraction of sp³-hybridized carbons (Fsp3) is 0.800. The van der Waals surface area contributed by atoms with E-state index in [2.05, 4.69) is 57.3 Å². The summed E-state index contributed by atoms with van der Waals surface area (Å²) in [6, 6.07) is 0.423. The molecule has 0 aromatic carbocycles. The largest absolute Gasteiger partial charge is 0.301 e. The number of nitrogens with one attached hydrogen (secondary N) is 1. The van der Waals surface area contributed by atoms with Crippen LogP contribution in [0.4, 0.5) is 0 Å². The Kier molecular flexibility index (Phi) is 5.71. The van der Waals surface area contributed by atoms with Crippen molar-refractivity contribution in [1.29, 1.82) is 0 Å². The molecule has 1 saturated carbocycles. The van der Waals surface area contributed by atoms with Crippen LogP contribution >= 0.6 is 0 Å². The third-order valence-electron chi connectivity index (χ3n) is 6.45. The second-order valence-corrected chi connectivity index (χ2v) is 8.05. The summed E-state index contributed by atoms with van der Waals surface area (Å²) >= 11 is 0. The lowest BCUT2D eigenvalue weighted by Gasteiger charge is -2.50. The van der Waals surface area contributed by atoms with Crippen molar-refractivity contribution in [3.05, 3.63) is 24.3 Å². The molecule has 120 valence electrons. The lowest BCUT2D eigenvalue weighted by atomic mass is 9.62. The van der Waals surface area contributed by atoms with Crippen LogP contribution in [-0.2, 0) is 0 Å². The standard InChI is InChI=1S/C20H35N/c1-17-13-9-7-5-6-8-12-16-20(4,19(17,2)3)21-18-14-10-11-15-18/h10-11,14-15,17-18,21H,5-9,12-13,16H2,1-4H3. The molecule has 1 heteroatoms. The quantitative estimate of drug-likeness (QED) is 0.695. The first-order valence-corrected chi connectivity index (χ1v) is 9.08. The molecular weight excluding hydrogens is 254 g/mol. The molecule has 0 aromatic rings. The summed E-state index contributed by atoms with van der Waals surface area (Å²) < 4.78 is 0. The van der Waals surface area contributed by atoms with Gasteiger partial charge < -0.3 is 5.32 Å². The number of hydrogen-bond acceptors (Lipinski definition) is 1. The Morgan fingerprint density at radius 3 is 2.10 bits per heavy atom. The van der Waals surface area contributed by atoms with Crippen LogP contribution in [-0.4, -0.2) is 11.6 Å². The highest BCUT2D eigenvalue weighted by Crippen LogP contribution is 2.44. The molecule has 2 aliphatic carbocycles. The minimum absolute atomic E-state index is 0.209. The molecule has 0 aliphatic heterocycles. The van der Waals surface area contributed by atoms with Gasteiger partial charge in [-0.15, -0.1) is 0 Å². The molecule has 1 N–H and O–H groups in total. The molecule has 2 aliphatic rings. The van der Waals surface area contributed by atoms with Gasteiger partial charge in [0, 0.05) is 11.6 Å². The molecule has 0 radical (unpaired) electrons. The molecule has 21 heavy (non-hydrogen) atoms. The average Bonchev–Trinajstić information content (AvgIpc) is 2.92. The van der Waals surface area contributed by atoms with Gasteiger partial charge in [-0.3, -0.25) is 0 Å². The van der Waals surface area contributed by atoms with E-state index < -0.39 is 0 Å². The van der Waals surface area contributed by atoms with Crippen molar-refractivity contribution < 1.29 is 0 Å². The van der Waals surface area contributed by atoms with Gasteiger partial charge in [0.2, 0.25) is 0 Å². The zero-order chi connectivity index (χ0) is 15.3. The van der Waals surface area contributed by atoms with Crippen molar-refractivity contribution in [2.45, 2.75) is 90.6 Å². The summed E-state index contributed by atoms with van der Waals surface area (Å²) in [5.41, 5.74) is 0.530. The van der Waals surface area contributed by atoms with Gasteiger partial charge in [-0.2, -0.15) is 0 Å². The second-order valence-electron chi connectivity index (χ2n) is 8.05. The molecule has 0 heterocycles. The monoisotopic (exact) mass is 289 g/mol. The number of hydrogen-bond donors (Lipinski definition) is 1. The maximum absolute atomic E-state index is 3.98. The van der Waals surface area contributed by atoms with Gasteiger partial charge in [0.25, 0.3) is 0 Å². The van der Waals surface area contributed by atoms with E-state index in [0.29, 0.717) is 11.5 Å². The molecule has 2 atom stereocenters. The van der Waals surface area contributed by atoms with Crippen LogP contribution in [0.15, 0.2) is 24.3 Å². The first-order chi connectivity index (χ1) is 9.96. The third kappa shape index (κ3) is 4.00. The third-order valence-corrected chi connectivity index (χ3v) is 6.45. The Balaban J connectivity index is 2.16. The van der Waals surface area contributed by atoms with E-state index >= 15 is 0 Å². The molecular formula is C20H35N. The van der Waals surface area contributed by atoms with Gasteiger partial charge in [-0.1, -0.05) is 90.0 Å². The highest BCUT2D eigenvalue weighted by atomic mass is 15.0.